The molecule has 0 saturated carbocycles. The third kappa shape index (κ3) is 4.43. The lowest BCUT2D eigenvalue weighted by atomic mass is 9.96. The first-order chi connectivity index (χ1) is 7.95. The summed E-state index contributed by atoms with van der Waals surface area (Å²) in [5.41, 5.74) is 6.78. The van der Waals surface area contributed by atoms with Gasteiger partial charge in [0.1, 0.15) is 0 Å². The van der Waals surface area contributed by atoms with Crippen LogP contribution in [0.2, 0.25) is 5.02 Å². The third-order valence-electron chi connectivity index (χ3n) is 2.79. The van der Waals surface area contributed by atoms with E-state index in [-0.39, 0.29) is 0 Å². The summed E-state index contributed by atoms with van der Waals surface area (Å²) >= 11 is 13.0. The zero-order valence-electron chi connectivity index (χ0n) is 9.93. The highest BCUT2D eigenvalue weighted by atomic mass is 79.9. The van der Waals surface area contributed by atoms with E-state index in [1.807, 2.05) is 12.1 Å². The molecule has 0 bridgehead atoms. The summed E-state index contributed by atoms with van der Waals surface area (Å²) < 4.78 is 1.91. The Balaban J connectivity index is 2.75. The fourth-order valence-corrected chi connectivity index (χ4v) is 3.48. The monoisotopic (exact) mass is 382 g/mol. The van der Waals surface area contributed by atoms with Crippen molar-refractivity contribution in [2.45, 2.75) is 13.8 Å². The quantitative estimate of drug-likeness (QED) is 0.784. The number of hydrogen-bond donors (Lipinski definition) is 2. The van der Waals surface area contributed by atoms with Crippen LogP contribution >= 0.6 is 43.5 Å². The van der Waals surface area contributed by atoms with E-state index in [1.54, 1.807) is 0 Å². The molecule has 3 N–H and O–H groups in total. The molecule has 0 aliphatic carbocycles. The maximum atomic E-state index is 5.95. The summed E-state index contributed by atoms with van der Waals surface area (Å²) in [7, 11) is 0. The molecule has 0 aliphatic rings. The van der Waals surface area contributed by atoms with Gasteiger partial charge in [0, 0.05) is 20.5 Å². The first kappa shape index (κ1) is 15.3. The lowest BCUT2D eigenvalue weighted by molar-refractivity contribution is 0.413. The number of rotatable bonds is 5. The molecule has 0 aromatic heterocycles. The Morgan fingerprint density at radius 2 is 1.82 bits per heavy atom. The molecular weight excluding hydrogens is 367 g/mol. The number of nitrogens with one attached hydrogen (secondary N) is 1. The first-order valence-corrected chi connectivity index (χ1v) is 7.50. The predicted octanol–water partition coefficient (Wildman–Crippen LogP) is 4.51. The Morgan fingerprint density at radius 3 is 2.24 bits per heavy atom. The van der Waals surface area contributed by atoms with E-state index in [0.29, 0.717) is 23.4 Å². The van der Waals surface area contributed by atoms with Crippen LogP contribution in [0.4, 0.5) is 5.69 Å². The molecule has 0 fully saturated rings. The smallest absolute Gasteiger partial charge is 0.0630 e. The molecule has 0 spiro atoms. The Hall–Kier alpha value is 0.230. The van der Waals surface area contributed by atoms with Crippen molar-refractivity contribution in [3.8, 4) is 0 Å². The van der Waals surface area contributed by atoms with E-state index in [9.17, 15) is 0 Å². The highest BCUT2D eigenvalue weighted by Crippen LogP contribution is 2.34. The average Bonchev–Trinajstić information content (AvgIpc) is 2.21. The number of benzene rings is 1. The Kier molecular flexibility index (Phi) is 6.27. The van der Waals surface area contributed by atoms with Gasteiger partial charge in [-0.3, -0.25) is 0 Å². The van der Waals surface area contributed by atoms with Gasteiger partial charge in [0.15, 0.2) is 0 Å². The van der Waals surface area contributed by atoms with Crippen LogP contribution in [0.3, 0.4) is 0 Å². The zero-order chi connectivity index (χ0) is 13.0. The predicted molar refractivity (Wildman–Crippen MR) is 82.7 cm³/mol. The molecule has 5 heteroatoms. The lowest BCUT2D eigenvalue weighted by Gasteiger charge is -2.21. The van der Waals surface area contributed by atoms with Crippen molar-refractivity contribution in [3.05, 3.63) is 26.1 Å². The molecule has 17 heavy (non-hydrogen) atoms. The van der Waals surface area contributed by atoms with Crippen molar-refractivity contribution in [1.29, 1.82) is 0 Å². The van der Waals surface area contributed by atoms with Gasteiger partial charge >= 0.3 is 0 Å². The number of hydrogen-bond acceptors (Lipinski definition) is 2. The molecule has 0 heterocycles. The molecule has 0 aliphatic heterocycles. The second-order valence-corrected chi connectivity index (χ2v) is 6.51. The maximum Gasteiger partial charge on any atom is 0.0630 e. The molecule has 1 rings (SSSR count). The summed E-state index contributed by atoms with van der Waals surface area (Å²) in [4.78, 5) is 0. The van der Waals surface area contributed by atoms with Crippen LogP contribution in [-0.4, -0.2) is 13.1 Å². The average molecular weight is 385 g/mol. The highest BCUT2D eigenvalue weighted by Gasteiger charge is 2.13. The number of anilines is 1. The van der Waals surface area contributed by atoms with Gasteiger partial charge < -0.3 is 11.1 Å². The zero-order valence-corrected chi connectivity index (χ0v) is 13.9. The first-order valence-electron chi connectivity index (χ1n) is 5.54. The van der Waals surface area contributed by atoms with Crippen LogP contribution in [0.25, 0.3) is 0 Å². The number of nitrogens with two attached hydrogens (primary N) is 1. The molecule has 2 nitrogen and oxygen atoms in total. The van der Waals surface area contributed by atoms with Crippen LogP contribution in [-0.2, 0) is 0 Å². The van der Waals surface area contributed by atoms with E-state index < -0.39 is 0 Å². The molecule has 1 aromatic carbocycles. The molecule has 0 saturated heterocycles. The fraction of sp³-hybridized carbons (Fsp3) is 0.500. The molecule has 1 atom stereocenters. The minimum absolute atomic E-state index is 0.462. The van der Waals surface area contributed by atoms with E-state index >= 15 is 0 Å². The van der Waals surface area contributed by atoms with Gasteiger partial charge in [0.2, 0.25) is 0 Å². The van der Waals surface area contributed by atoms with Gasteiger partial charge in [-0.15, -0.1) is 0 Å². The molecule has 0 amide bonds. The minimum Gasteiger partial charge on any atom is -0.383 e. The van der Waals surface area contributed by atoms with Crippen molar-refractivity contribution in [3.63, 3.8) is 0 Å². The van der Waals surface area contributed by atoms with Crippen molar-refractivity contribution in [1.82, 2.24) is 0 Å². The summed E-state index contributed by atoms with van der Waals surface area (Å²) in [6.07, 6.45) is 0. The summed E-state index contributed by atoms with van der Waals surface area (Å²) in [6.45, 7) is 5.91. The van der Waals surface area contributed by atoms with Crippen LogP contribution in [0, 0.1) is 11.8 Å². The van der Waals surface area contributed by atoms with Crippen molar-refractivity contribution in [2.24, 2.45) is 17.6 Å². The van der Waals surface area contributed by atoms with Gasteiger partial charge in [0.25, 0.3) is 0 Å². The van der Waals surface area contributed by atoms with Gasteiger partial charge in [-0.2, -0.15) is 0 Å². The van der Waals surface area contributed by atoms with Crippen molar-refractivity contribution < 1.29 is 0 Å². The molecular formula is C12H17Br2ClN2. The molecule has 0 radical (unpaired) electrons. The van der Waals surface area contributed by atoms with Gasteiger partial charge in [-0.25, -0.2) is 0 Å². The van der Waals surface area contributed by atoms with E-state index in [4.69, 9.17) is 17.3 Å². The second kappa shape index (κ2) is 6.98. The molecule has 96 valence electrons. The summed E-state index contributed by atoms with van der Waals surface area (Å²) in [5.74, 6) is 1.03. The van der Waals surface area contributed by atoms with Crippen molar-refractivity contribution in [2.75, 3.05) is 18.4 Å². The molecule has 1 unspecified atom stereocenters. The van der Waals surface area contributed by atoms with E-state index in [0.717, 1.165) is 21.2 Å². The van der Waals surface area contributed by atoms with Crippen molar-refractivity contribution >= 4 is 49.1 Å². The maximum absolute atomic E-state index is 5.95. The van der Waals surface area contributed by atoms with Gasteiger partial charge in [-0.05, 0) is 62.4 Å². The van der Waals surface area contributed by atoms with Crippen LogP contribution in [0.15, 0.2) is 21.1 Å². The topological polar surface area (TPSA) is 38.0 Å². The Bertz CT molecular complexity index is 360. The third-order valence-corrected chi connectivity index (χ3v) is 4.26. The lowest BCUT2D eigenvalue weighted by Crippen LogP contribution is -2.27. The van der Waals surface area contributed by atoms with E-state index in [1.165, 1.54) is 0 Å². The molecule has 1 aromatic rings. The Labute approximate surface area is 125 Å². The van der Waals surface area contributed by atoms with Crippen LogP contribution < -0.4 is 11.1 Å². The summed E-state index contributed by atoms with van der Waals surface area (Å²) in [5, 5.41) is 4.11. The SMILES string of the molecule is CC(C)C(CN)CNc1c(Br)cc(Cl)cc1Br. The number of halogens is 3. The summed E-state index contributed by atoms with van der Waals surface area (Å²) in [6, 6.07) is 3.75. The van der Waals surface area contributed by atoms with E-state index in [2.05, 4.69) is 51.0 Å². The fourth-order valence-electron chi connectivity index (χ4n) is 1.54. The van der Waals surface area contributed by atoms with Gasteiger partial charge in [0.05, 0.1) is 5.69 Å². The van der Waals surface area contributed by atoms with Crippen LogP contribution in [0.1, 0.15) is 13.8 Å². The normalized spacial score (nSPS) is 12.9. The highest BCUT2D eigenvalue weighted by molar-refractivity contribution is 9.11. The minimum atomic E-state index is 0.462. The second-order valence-electron chi connectivity index (χ2n) is 4.37. The Morgan fingerprint density at radius 1 is 1.29 bits per heavy atom. The van der Waals surface area contributed by atoms with Crippen LogP contribution in [0.5, 0.6) is 0 Å². The van der Waals surface area contributed by atoms with Gasteiger partial charge in [-0.1, -0.05) is 25.4 Å². The standard InChI is InChI=1S/C12H17Br2ClN2/c1-7(2)8(5-16)6-17-12-10(13)3-9(15)4-11(12)14/h3-4,7-8,17H,5-6,16H2,1-2H3. The largest absolute Gasteiger partial charge is 0.383 e.